The Morgan fingerprint density at radius 2 is 1.57 bits per heavy atom. The van der Waals surface area contributed by atoms with Gasteiger partial charge in [-0.1, -0.05) is 29.8 Å². The van der Waals surface area contributed by atoms with Gasteiger partial charge in [0.15, 0.2) is 11.5 Å². The van der Waals surface area contributed by atoms with E-state index in [4.69, 9.17) is 25.8 Å². The molecule has 0 radical (unpaired) electrons. The normalized spacial score (nSPS) is 15.1. The highest BCUT2D eigenvalue weighted by atomic mass is 35.5. The summed E-state index contributed by atoms with van der Waals surface area (Å²) in [7, 11) is 4.85. The number of nitrogens with zero attached hydrogens (tertiary/aromatic N) is 3. The van der Waals surface area contributed by atoms with Crippen molar-refractivity contribution in [1.82, 2.24) is 9.91 Å². The van der Waals surface area contributed by atoms with Crippen molar-refractivity contribution in [3.63, 3.8) is 0 Å². The summed E-state index contributed by atoms with van der Waals surface area (Å²) in [4.78, 5) is 2.39. The molecule has 2 aromatic rings. The van der Waals surface area contributed by atoms with E-state index in [1.807, 2.05) is 36.5 Å². The van der Waals surface area contributed by atoms with E-state index in [2.05, 4.69) is 21.1 Å². The Balaban J connectivity index is 1.61. The lowest BCUT2D eigenvalue weighted by molar-refractivity contribution is 0.131. The third kappa shape index (κ3) is 4.88. The average molecular weight is 404 g/mol. The summed E-state index contributed by atoms with van der Waals surface area (Å²) < 4.78 is 16.2. The minimum atomic E-state index is 0.629. The van der Waals surface area contributed by atoms with Crippen molar-refractivity contribution in [2.75, 3.05) is 47.5 Å². The number of ether oxygens (including phenoxy) is 3. The molecule has 1 aliphatic rings. The average Bonchev–Trinajstić information content (AvgIpc) is 2.74. The largest absolute Gasteiger partial charge is 0.496 e. The molecule has 1 aliphatic heterocycles. The predicted molar refractivity (Wildman–Crippen MR) is 112 cm³/mol. The van der Waals surface area contributed by atoms with E-state index >= 15 is 0 Å². The zero-order valence-corrected chi connectivity index (χ0v) is 17.3. The van der Waals surface area contributed by atoms with Crippen molar-refractivity contribution >= 4 is 17.8 Å². The van der Waals surface area contributed by atoms with Crippen LogP contribution in [0, 0.1) is 0 Å². The van der Waals surface area contributed by atoms with Crippen LogP contribution in [-0.4, -0.2) is 63.6 Å². The van der Waals surface area contributed by atoms with Crippen LogP contribution in [0.5, 0.6) is 17.2 Å². The number of hydrazone groups is 1. The molecule has 28 heavy (non-hydrogen) atoms. The molecule has 1 heterocycles. The number of hydrogen-bond donors (Lipinski definition) is 0. The van der Waals surface area contributed by atoms with E-state index in [-0.39, 0.29) is 0 Å². The van der Waals surface area contributed by atoms with Gasteiger partial charge in [0, 0.05) is 49.4 Å². The smallest absolute Gasteiger partial charge is 0.164 e. The van der Waals surface area contributed by atoms with Crippen LogP contribution in [0.25, 0.3) is 0 Å². The number of halogens is 1. The molecule has 0 N–H and O–H groups in total. The van der Waals surface area contributed by atoms with Gasteiger partial charge in [-0.05, 0) is 17.7 Å². The number of methoxy groups -OCH3 is 3. The lowest BCUT2D eigenvalue weighted by atomic mass is 10.2. The van der Waals surface area contributed by atoms with Gasteiger partial charge >= 0.3 is 0 Å². The molecule has 1 fully saturated rings. The van der Waals surface area contributed by atoms with E-state index in [9.17, 15) is 0 Å². The Morgan fingerprint density at radius 1 is 0.929 bits per heavy atom. The van der Waals surface area contributed by atoms with E-state index in [1.165, 1.54) is 0 Å². The van der Waals surface area contributed by atoms with Crippen molar-refractivity contribution in [1.29, 1.82) is 0 Å². The molecule has 0 saturated carbocycles. The summed E-state index contributed by atoms with van der Waals surface area (Å²) in [6.07, 6.45) is 1.81. The van der Waals surface area contributed by atoms with Crippen molar-refractivity contribution in [2.45, 2.75) is 6.54 Å². The van der Waals surface area contributed by atoms with Crippen molar-refractivity contribution in [3.8, 4) is 17.2 Å². The maximum Gasteiger partial charge on any atom is 0.164 e. The van der Waals surface area contributed by atoms with Crippen LogP contribution >= 0.6 is 11.6 Å². The van der Waals surface area contributed by atoms with Gasteiger partial charge in [0.1, 0.15) is 5.75 Å². The highest BCUT2D eigenvalue weighted by molar-refractivity contribution is 6.31. The molecular formula is C21H26ClN3O3. The second kappa shape index (κ2) is 9.66. The van der Waals surface area contributed by atoms with Gasteiger partial charge in [0.25, 0.3) is 0 Å². The number of hydrogen-bond acceptors (Lipinski definition) is 6. The van der Waals surface area contributed by atoms with E-state index < -0.39 is 0 Å². The fourth-order valence-corrected chi connectivity index (χ4v) is 3.37. The second-order valence-corrected chi connectivity index (χ2v) is 6.92. The summed E-state index contributed by atoms with van der Waals surface area (Å²) in [5, 5.41) is 7.52. The SMILES string of the molecule is COc1cc(OC)c(OC)cc1/C=N/N1CCN(Cc2ccccc2Cl)CC1. The van der Waals surface area contributed by atoms with E-state index in [1.54, 1.807) is 21.3 Å². The van der Waals surface area contributed by atoms with Crippen molar-refractivity contribution < 1.29 is 14.2 Å². The first-order chi connectivity index (χ1) is 13.6. The molecular weight excluding hydrogens is 378 g/mol. The molecule has 2 aromatic carbocycles. The topological polar surface area (TPSA) is 46.5 Å². The second-order valence-electron chi connectivity index (χ2n) is 6.51. The molecule has 0 atom stereocenters. The summed E-state index contributed by atoms with van der Waals surface area (Å²) in [6, 6.07) is 11.7. The first-order valence-electron chi connectivity index (χ1n) is 9.19. The quantitative estimate of drug-likeness (QED) is 0.662. The van der Waals surface area contributed by atoms with Crippen LogP contribution in [0.3, 0.4) is 0 Å². The molecule has 0 aliphatic carbocycles. The van der Waals surface area contributed by atoms with E-state index in [0.29, 0.717) is 17.2 Å². The van der Waals surface area contributed by atoms with Crippen molar-refractivity contribution in [2.24, 2.45) is 5.10 Å². The molecule has 7 heteroatoms. The number of rotatable bonds is 7. The van der Waals surface area contributed by atoms with Crippen LogP contribution in [0.4, 0.5) is 0 Å². The summed E-state index contributed by atoms with van der Waals surface area (Å²) in [5.74, 6) is 1.97. The fraction of sp³-hybridized carbons (Fsp3) is 0.381. The Morgan fingerprint density at radius 3 is 2.21 bits per heavy atom. The molecule has 3 rings (SSSR count). The van der Waals surface area contributed by atoms with Gasteiger partial charge in [-0.25, -0.2) is 0 Å². The zero-order valence-electron chi connectivity index (χ0n) is 16.5. The molecule has 1 saturated heterocycles. The van der Waals surface area contributed by atoms with Crippen LogP contribution in [-0.2, 0) is 6.54 Å². The summed E-state index contributed by atoms with van der Waals surface area (Å²) in [6.45, 7) is 4.45. The minimum Gasteiger partial charge on any atom is -0.496 e. The van der Waals surface area contributed by atoms with Gasteiger partial charge in [-0.2, -0.15) is 5.10 Å². The maximum atomic E-state index is 6.27. The lowest BCUT2D eigenvalue weighted by Gasteiger charge is -2.33. The van der Waals surface area contributed by atoms with E-state index in [0.717, 1.165) is 48.9 Å². The molecule has 0 amide bonds. The van der Waals surface area contributed by atoms with Crippen LogP contribution in [0.1, 0.15) is 11.1 Å². The predicted octanol–water partition coefficient (Wildman–Crippen LogP) is 3.52. The molecule has 0 unspecified atom stereocenters. The Kier molecular flexibility index (Phi) is 7.01. The molecule has 0 bridgehead atoms. The third-order valence-electron chi connectivity index (χ3n) is 4.80. The fourth-order valence-electron chi connectivity index (χ4n) is 3.18. The highest BCUT2D eigenvalue weighted by Gasteiger charge is 2.17. The van der Waals surface area contributed by atoms with Gasteiger partial charge in [-0.3, -0.25) is 9.91 Å². The first kappa shape index (κ1) is 20.3. The first-order valence-corrected chi connectivity index (χ1v) is 9.57. The molecule has 6 nitrogen and oxygen atoms in total. The standard InChI is InChI=1S/C21H26ClN3O3/c1-26-19-13-21(28-3)20(27-2)12-17(19)14-23-25-10-8-24(9-11-25)15-16-6-4-5-7-18(16)22/h4-7,12-14H,8-11,15H2,1-3H3/b23-14+. The summed E-state index contributed by atoms with van der Waals surface area (Å²) in [5.41, 5.74) is 2.01. The summed E-state index contributed by atoms with van der Waals surface area (Å²) >= 11 is 6.27. The maximum absolute atomic E-state index is 6.27. The van der Waals surface area contributed by atoms with Gasteiger partial charge in [0.05, 0.1) is 27.5 Å². The molecule has 0 aromatic heterocycles. The molecule has 150 valence electrons. The molecule has 0 spiro atoms. The number of benzene rings is 2. The van der Waals surface area contributed by atoms with Crippen LogP contribution < -0.4 is 14.2 Å². The monoisotopic (exact) mass is 403 g/mol. The van der Waals surface area contributed by atoms with Crippen LogP contribution in [0.15, 0.2) is 41.5 Å². The van der Waals surface area contributed by atoms with Gasteiger partial charge < -0.3 is 14.2 Å². The zero-order chi connectivity index (χ0) is 19.9. The third-order valence-corrected chi connectivity index (χ3v) is 5.17. The highest BCUT2D eigenvalue weighted by Crippen LogP contribution is 2.33. The lowest BCUT2D eigenvalue weighted by Crippen LogP contribution is -2.43. The Hall–Kier alpha value is -2.44. The minimum absolute atomic E-state index is 0.629. The number of piperazine rings is 1. The Labute approximate surface area is 171 Å². The van der Waals surface area contributed by atoms with Gasteiger partial charge in [0.2, 0.25) is 0 Å². The van der Waals surface area contributed by atoms with Crippen LogP contribution in [0.2, 0.25) is 5.02 Å². The van der Waals surface area contributed by atoms with Crippen molar-refractivity contribution in [3.05, 3.63) is 52.5 Å². The van der Waals surface area contributed by atoms with Gasteiger partial charge in [-0.15, -0.1) is 0 Å². The Bertz CT molecular complexity index is 821.